The van der Waals surface area contributed by atoms with Crippen LogP contribution in [0.3, 0.4) is 0 Å². The minimum Gasteiger partial charge on any atom is -0.318 e. The first-order chi connectivity index (χ1) is 6.77. The van der Waals surface area contributed by atoms with Gasteiger partial charge in [0, 0.05) is 25.7 Å². The first kappa shape index (κ1) is 11.7. The van der Waals surface area contributed by atoms with E-state index in [1.54, 1.807) is 5.57 Å². The van der Waals surface area contributed by atoms with E-state index in [1.807, 2.05) is 7.05 Å². The predicted molar refractivity (Wildman–Crippen MR) is 62.6 cm³/mol. The molecule has 1 aliphatic heterocycles. The molecule has 0 aromatic heterocycles. The minimum absolute atomic E-state index is 0.731. The summed E-state index contributed by atoms with van der Waals surface area (Å²) in [5.74, 6) is 0. The second-order valence-corrected chi connectivity index (χ2v) is 4.30. The summed E-state index contributed by atoms with van der Waals surface area (Å²) in [7, 11) is 2.05. The molecule has 14 heavy (non-hydrogen) atoms. The Balaban J connectivity index is 2.43. The molecule has 1 unspecified atom stereocenters. The summed E-state index contributed by atoms with van der Waals surface area (Å²) < 4.78 is 0. The molecule has 2 heteroatoms. The van der Waals surface area contributed by atoms with Crippen molar-refractivity contribution in [3.05, 3.63) is 11.6 Å². The molecule has 0 spiro atoms. The molecule has 2 nitrogen and oxygen atoms in total. The number of hydrogen-bond acceptors (Lipinski definition) is 2. The van der Waals surface area contributed by atoms with Gasteiger partial charge >= 0.3 is 0 Å². The first-order valence-electron chi connectivity index (χ1n) is 5.82. The molecule has 0 radical (unpaired) electrons. The number of rotatable bonds is 5. The standard InChI is InChI=1S/C12H24N2/c1-4-5-12(10-13-3)14-8-6-11(2)7-9-14/h6,12-13H,4-5,7-10H2,1-3H3. The van der Waals surface area contributed by atoms with Gasteiger partial charge in [-0.25, -0.2) is 0 Å². The molecule has 0 amide bonds. The molecular weight excluding hydrogens is 172 g/mol. The summed E-state index contributed by atoms with van der Waals surface area (Å²) in [5.41, 5.74) is 1.56. The molecule has 1 N–H and O–H groups in total. The quantitative estimate of drug-likeness (QED) is 0.677. The van der Waals surface area contributed by atoms with Gasteiger partial charge in [0.05, 0.1) is 0 Å². The van der Waals surface area contributed by atoms with Crippen LogP contribution in [0.4, 0.5) is 0 Å². The molecule has 1 rings (SSSR count). The lowest BCUT2D eigenvalue weighted by molar-refractivity contribution is 0.197. The van der Waals surface area contributed by atoms with Crippen LogP contribution in [-0.2, 0) is 0 Å². The minimum atomic E-state index is 0.731. The monoisotopic (exact) mass is 196 g/mol. The lowest BCUT2D eigenvalue weighted by Gasteiger charge is -2.33. The molecule has 0 saturated heterocycles. The largest absolute Gasteiger partial charge is 0.318 e. The van der Waals surface area contributed by atoms with E-state index in [1.165, 1.54) is 25.8 Å². The van der Waals surface area contributed by atoms with Crippen LogP contribution in [0, 0.1) is 0 Å². The van der Waals surface area contributed by atoms with Gasteiger partial charge in [0.25, 0.3) is 0 Å². The van der Waals surface area contributed by atoms with E-state index in [9.17, 15) is 0 Å². The molecule has 0 aromatic rings. The van der Waals surface area contributed by atoms with Gasteiger partial charge in [0.15, 0.2) is 0 Å². The molecule has 0 fully saturated rings. The summed E-state index contributed by atoms with van der Waals surface area (Å²) in [4.78, 5) is 2.60. The zero-order chi connectivity index (χ0) is 10.4. The number of nitrogens with zero attached hydrogens (tertiary/aromatic N) is 1. The lowest BCUT2D eigenvalue weighted by Crippen LogP contribution is -2.43. The van der Waals surface area contributed by atoms with Crippen molar-refractivity contribution in [2.45, 2.75) is 39.2 Å². The van der Waals surface area contributed by atoms with Crippen molar-refractivity contribution in [1.29, 1.82) is 0 Å². The van der Waals surface area contributed by atoms with Crippen molar-refractivity contribution in [3.63, 3.8) is 0 Å². The molecular formula is C12H24N2. The Labute approximate surface area is 88.4 Å². The molecule has 1 heterocycles. The predicted octanol–water partition coefficient (Wildman–Crippen LogP) is 2.03. The van der Waals surface area contributed by atoms with Crippen LogP contribution in [0.2, 0.25) is 0 Å². The van der Waals surface area contributed by atoms with E-state index in [-0.39, 0.29) is 0 Å². The van der Waals surface area contributed by atoms with Gasteiger partial charge < -0.3 is 5.32 Å². The molecule has 82 valence electrons. The fourth-order valence-corrected chi connectivity index (χ4v) is 2.10. The van der Waals surface area contributed by atoms with E-state index in [0.717, 1.165) is 19.1 Å². The van der Waals surface area contributed by atoms with Crippen molar-refractivity contribution in [2.24, 2.45) is 0 Å². The summed E-state index contributed by atoms with van der Waals surface area (Å²) >= 11 is 0. The number of nitrogens with one attached hydrogen (secondary N) is 1. The van der Waals surface area contributed by atoms with Gasteiger partial charge in [-0.2, -0.15) is 0 Å². The van der Waals surface area contributed by atoms with E-state index < -0.39 is 0 Å². The second-order valence-electron chi connectivity index (χ2n) is 4.30. The lowest BCUT2D eigenvalue weighted by atomic mass is 10.0. The first-order valence-corrected chi connectivity index (χ1v) is 5.82. The summed E-state index contributed by atoms with van der Waals surface area (Å²) in [5, 5.41) is 3.30. The molecule has 0 bridgehead atoms. The normalized spacial score (nSPS) is 20.6. The summed E-state index contributed by atoms with van der Waals surface area (Å²) in [6.45, 7) is 8.03. The number of likely N-dealkylation sites (N-methyl/N-ethyl adjacent to an activating group) is 1. The highest BCUT2D eigenvalue weighted by molar-refractivity contribution is 5.04. The van der Waals surface area contributed by atoms with Crippen molar-refractivity contribution in [2.75, 3.05) is 26.7 Å². The Morgan fingerprint density at radius 3 is 2.86 bits per heavy atom. The third-order valence-corrected chi connectivity index (χ3v) is 3.05. The van der Waals surface area contributed by atoms with E-state index in [0.29, 0.717) is 0 Å². The van der Waals surface area contributed by atoms with E-state index >= 15 is 0 Å². The zero-order valence-corrected chi connectivity index (χ0v) is 9.84. The van der Waals surface area contributed by atoms with Gasteiger partial charge in [0.1, 0.15) is 0 Å². The third-order valence-electron chi connectivity index (χ3n) is 3.05. The Hall–Kier alpha value is -0.340. The Kier molecular flexibility index (Phi) is 5.20. The Bertz CT molecular complexity index is 181. The van der Waals surface area contributed by atoms with Crippen molar-refractivity contribution in [3.8, 4) is 0 Å². The van der Waals surface area contributed by atoms with Crippen LogP contribution in [-0.4, -0.2) is 37.6 Å². The Morgan fingerprint density at radius 2 is 2.36 bits per heavy atom. The van der Waals surface area contributed by atoms with Gasteiger partial charge in [-0.1, -0.05) is 25.0 Å². The average Bonchev–Trinajstić information content (AvgIpc) is 2.19. The SMILES string of the molecule is CCCC(CNC)N1CC=C(C)CC1. The van der Waals surface area contributed by atoms with Crippen molar-refractivity contribution >= 4 is 0 Å². The fraction of sp³-hybridized carbons (Fsp3) is 0.833. The highest BCUT2D eigenvalue weighted by atomic mass is 15.2. The topological polar surface area (TPSA) is 15.3 Å². The summed E-state index contributed by atoms with van der Waals surface area (Å²) in [6.07, 6.45) is 6.23. The van der Waals surface area contributed by atoms with E-state index in [4.69, 9.17) is 0 Å². The highest BCUT2D eigenvalue weighted by Gasteiger charge is 2.18. The van der Waals surface area contributed by atoms with Crippen LogP contribution >= 0.6 is 0 Å². The van der Waals surface area contributed by atoms with Crippen molar-refractivity contribution < 1.29 is 0 Å². The molecule has 0 saturated carbocycles. The number of hydrogen-bond donors (Lipinski definition) is 1. The van der Waals surface area contributed by atoms with Crippen LogP contribution < -0.4 is 5.32 Å². The van der Waals surface area contributed by atoms with E-state index in [2.05, 4.69) is 30.1 Å². The van der Waals surface area contributed by atoms with Crippen LogP contribution in [0.15, 0.2) is 11.6 Å². The maximum atomic E-state index is 3.30. The second kappa shape index (κ2) is 6.20. The maximum Gasteiger partial charge on any atom is 0.0223 e. The third kappa shape index (κ3) is 3.43. The van der Waals surface area contributed by atoms with Gasteiger partial charge in [-0.15, -0.1) is 0 Å². The van der Waals surface area contributed by atoms with Crippen LogP contribution in [0.1, 0.15) is 33.1 Å². The zero-order valence-electron chi connectivity index (χ0n) is 9.84. The smallest absolute Gasteiger partial charge is 0.0223 e. The Morgan fingerprint density at radius 1 is 1.57 bits per heavy atom. The highest BCUT2D eigenvalue weighted by Crippen LogP contribution is 2.14. The maximum absolute atomic E-state index is 3.30. The van der Waals surface area contributed by atoms with Gasteiger partial charge in [0.2, 0.25) is 0 Å². The molecule has 1 aliphatic rings. The fourth-order valence-electron chi connectivity index (χ4n) is 2.10. The summed E-state index contributed by atoms with van der Waals surface area (Å²) in [6, 6.07) is 0.731. The van der Waals surface area contributed by atoms with Crippen LogP contribution in [0.5, 0.6) is 0 Å². The average molecular weight is 196 g/mol. The molecule has 1 atom stereocenters. The van der Waals surface area contributed by atoms with Crippen molar-refractivity contribution in [1.82, 2.24) is 10.2 Å². The van der Waals surface area contributed by atoms with Gasteiger partial charge in [-0.05, 0) is 26.8 Å². The van der Waals surface area contributed by atoms with Gasteiger partial charge in [-0.3, -0.25) is 4.90 Å². The molecule has 0 aliphatic carbocycles. The van der Waals surface area contributed by atoms with Crippen LogP contribution in [0.25, 0.3) is 0 Å². The molecule has 0 aromatic carbocycles.